The molecule has 1 N–H and O–H groups in total. The number of benzene rings is 3. The van der Waals surface area contributed by atoms with Crippen molar-refractivity contribution in [3.63, 3.8) is 0 Å². The molecular weight excluding hydrogens is 428 g/mol. The number of carbonyl (C=O) groups excluding carboxylic acids is 1. The predicted octanol–water partition coefficient (Wildman–Crippen LogP) is 4.42. The number of nitrogens with zero attached hydrogens (tertiary/aromatic N) is 3. The van der Waals surface area contributed by atoms with Gasteiger partial charge >= 0.3 is 0 Å². The van der Waals surface area contributed by atoms with Crippen molar-refractivity contribution in [3.8, 4) is 11.3 Å². The molecule has 0 atom stereocenters. The first-order valence-electron chi connectivity index (χ1n) is 11.6. The van der Waals surface area contributed by atoms with Crippen molar-refractivity contribution < 1.29 is 14.1 Å². The van der Waals surface area contributed by atoms with Crippen LogP contribution in [0.3, 0.4) is 0 Å². The lowest BCUT2D eigenvalue weighted by Crippen LogP contribution is -2.46. The number of fused-ring (bicyclic) bond motifs is 2. The molecule has 34 heavy (non-hydrogen) atoms. The van der Waals surface area contributed by atoms with E-state index in [4.69, 9.17) is 9.26 Å². The normalized spacial score (nSPS) is 15.0. The van der Waals surface area contributed by atoms with Gasteiger partial charge in [-0.25, -0.2) is 0 Å². The van der Waals surface area contributed by atoms with Crippen LogP contribution in [-0.2, 0) is 4.74 Å². The van der Waals surface area contributed by atoms with Crippen molar-refractivity contribution in [2.45, 2.75) is 0 Å². The van der Waals surface area contributed by atoms with E-state index in [0.717, 1.165) is 54.0 Å². The van der Waals surface area contributed by atoms with Crippen LogP contribution >= 0.6 is 0 Å². The predicted molar refractivity (Wildman–Crippen MR) is 134 cm³/mol. The number of ketones is 1. The second kappa shape index (κ2) is 8.50. The summed E-state index contributed by atoms with van der Waals surface area (Å²) in [7, 11) is 1.67. The van der Waals surface area contributed by atoms with Crippen LogP contribution in [0.25, 0.3) is 22.2 Å². The quantitative estimate of drug-likeness (QED) is 0.381. The molecule has 0 unspecified atom stereocenters. The summed E-state index contributed by atoms with van der Waals surface area (Å²) in [6.45, 7) is 4.68. The fourth-order valence-electron chi connectivity index (χ4n) is 5.05. The largest absolute Gasteiger partial charge is 0.383 e. The summed E-state index contributed by atoms with van der Waals surface area (Å²) in [5.41, 5.74) is 5.86. The highest BCUT2D eigenvalue weighted by Gasteiger charge is 2.34. The van der Waals surface area contributed by atoms with E-state index in [1.54, 1.807) is 7.11 Å². The van der Waals surface area contributed by atoms with Crippen LogP contribution in [0.5, 0.6) is 0 Å². The molecule has 2 heterocycles. The minimum Gasteiger partial charge on any atom is -0.383 e. The lowest BCUT2D eigenvalue weighted by molar-refractivity contribution is 0.104. The minimum absolute atomic E-state index is 0.00309. The Morgan fingerprint density at radius 1 is 0.971 bits per heavy atom. The summed E-state index contributed by atoms with van der Waals surface area (Å²) in [5.74, 6) is 0.663. The fraction of sp³-hybridized carbons (Fsp3) is 0.259. The molecule has 1 aliphatic heterocycles. The SMILES string of the molecule is COCCNc1cc(N2CCN(c3ccccc3)CC2)c2noc3c2c1C(=O)c1ccccc1-3. The number of piperazine rings is 1. The van der Waals surface area contributed by atoms with E-state index in [-0.39, 0.29) is 5.78 Å². The van der Waals surface area contributed by atoms with Crippen LogP contribution in [0.2, 0.25) is 0 Å². The Hall–Kier alpha value is -3.84. The van der Waals surface area contributed by atoms with Crippen molar-refractivity contribution in [1.82, 2.24) is 5.16 Å². The van der Waals surface area contributed by atoms with E-state index >= 15 is 0 Å². The van der Waals surface area contributed by atoms with Gasteiger partial charge in [-0.15, -0.1) is 0 Å². The first kappa shape index (κ1) is 20.7. The number of nitrogens with one attached hydrogen (secondary N) is 1. The van der Waals surface area contributed by atoms with Crippen molar-refractivity contribution in [2.75, 3.05) is 61.6 Å². The average molecular weight is 455 g/mol. The Morgan fingerprint density at radius 2 is 1.68 bits per heavy atom. The third-order valence-corrected chi connectivity index (χ3v) is 6.74. The van der Waals surface area contributed by atoms with E-state index in [2.05, 4.69) is 50.6 Å². The van der Waals surface area contributed by atoms with E-state index in [1.165, 1.54) is 5.69 Å². The van der Waals surface area contributed by atoms with Crippen molar-refractivity contribution in [2.24, 2.45) is 0 Å². The van der Waals surface area contributed by atoms with Gasteiger partial charge in [0.25, 0.3) is 0 Å². The summed E-state index contributed by atoms with van der Waals surface area (Å²) in [5, 5.41) is 8.71. The maximum atomic E-state index is 13.6. The highest BCUT2D eigenvalue weighted by Crippen LogP contribution is 2.45. The maximum absolute atomic E-state index is 13.6. The molecule has 1 aromatic heterocycles. The number of anilines is 3. The van der Waals surface area contributed by atoms with Gasteiger partial charge in [0, 0.05) is 62.3 Å². The molecule has 1 aliphatic carbocycles. The van der Waals surface area contributed by atoms with Gasteiger partial charge in [0.15, 0.2) is 11.5 Å². The van der Waals surface area contributed by atoms with Crippen LogP contribution in [0.4, 0.5) is 17.1 Å². The highest BCUT2D eigenvalue weighted by molar-refractivity contribution is 6.28. The van der Waals surface area contributed by atoms with Gasteiger partial charge in [-0.2, -0.15) is 0 Å². The zero-order valence-corrected chi connectivity index (χ0v) is 19.1. The monoisotopic (exact) mass is 454 g/mol. The lowest BCUT2D eigenvalue weighted by atomic mass is 9.86. The number of hydrogen-bond acceptors (Lipinski definition) is 7. The summed E-state index contributed by atoms with van der Waals surface area (Å²) in [6, 6.07) is 20.1. The van der Waals surface area contributed by atoms with E-state index in [1.807, 2.05) is 30.3 Å². The van der Waals surface area contributed by atoms with Crippen molar-refractivity contribution >= 4 is 33.7 Å². The molecule has 6 rings (SSSR count). The number of aromatic nitrogens is 1. The second-order valence-corrected chi connectivity index (χ2v) is 8.66. The summed E-state index contributed by atoms with van der Waals surface area (Å²) in [6.07, 6.45) is 0. The number of methoxy groups -OCH3 is 1. The molecule has 7 nitrogen and oxygen atoms in total. The number of carbonyl (C=O) groups is 1. The second-order valence-electron chi connectivity index (χ2n) is 8.66. The Kier molecular flexibility index (Phi) is 5.19. The van der Waals surface area contributed by atoms with E-state index < -0.39 is 0 Å². The van der Waals surface area contributed by atoms with Gasteiger partial charge in [0.2, 0.25) is 0 Å². The average Bonchev–Trinajstić information content (AvgIpc) is 3.34. The molecule has 0 spiro atoms. The molecule has 172 valence electrons. The molecule has 3 aromatic carbocycles. The maximum Gasteiger partial charge on any atom is 0.196 e. The van der Waals surface area contributed by atoms with Gasteiger partial charge in [-0.1, -0.05) is 47.6 Å². The van der Waals surface area contributed by atoms with Crippen LogP contribution in [0, 0.1) is 0 Å². The fourth-order valence-corrected chi connectivity index (χ4v) is 5.05. The highest BCUT2D eigenvalue weighted by atomic mass is 16.5. The van der Waals surface area contributed by atoms with Crippen molar-refractivity contribution in [3.05, 3.63) is 71.8 Å². The zero-order chi connectivity index (χ0) is 23.1. The Labute approximate surface area is 197 Å². The molecule has 1 fully saturated rings. The van der Waals surface area contributed by atoms with Gasteiger partial charge in [-0.05, 0) is 18.2 Å². The van der Waals surface area contributed by atoms with Crippen molar-refractivity contribution in [1.29, 1.82) is 0 Å². The van der Waals surface area contributed by atoms with Crippen LogP contribution in [-0.4, -0.2) is 57.4 Å². The molecule has 0 radical (unpaired) electrons. The molecule has 4 aromatic rings. The molecule has 1 saturated heterocycles. The van der Waals surface area contributed by atoms with Gasteiger partial charge in [0.05, 0.1) is 23.2 Å². The minimum atomic E-state index is -0.00309. The third-order valence-electron chi connectivity index (χ3n) is 6.74. The molecule has 7 heteroatoms. The molecule has 0 amide bonds. The summed E-state index contributed by atoms with van der Waals surface area (Å²) >= 11 is 0. The van der Waals surface area contributed by atoms with E-state index in [9.17, 15) is 4.79 Å². The lowest BCUT2D eigenvalue weighted by Gasteiger charge is -2.37. The van der Waals surface area contributed by atoms with Crippen LogP contribution < -0.4 is 15.1 Å². The molecule has 2 aliphatic rings. The van der Waals surface area contributed by atoms with Gasteiger partial charge in [-0.3, -0.25) is 4.79 Å². The standard InChI is InChI=1S/C27H26N4O3/c1-33-16-11-28-21-17-22(31-14-12-30(13-15-31)18-7-3-2-4-8-18)25-24-23(21)26(32)19-9-5-6-10-20(19)27(24)34-29-25/h2-10,17,28H,11-16H2,1H3. The Bertz CT molecular complexity index is 1360. The van der Waals surface area contributed by atoms with Gasteiger partial charge in [0.1, 0.15) is 5.52 Å². The zero-order valence-electron chi connectivity index (χ0n) is 19.1. The molecule has 0 bridgehead atoms. The number of ether oxygens (including phenoxy) is 1. The number of hydrogen-bond donors (Lipinski definition) is 1. The Morgan fingerprint density at radius 3 is 2.44 bits per heavy atom. The molecular formula is C27H26N4O3. The number of para-hydroxylation sites is 1. The molecule has 0 saturated carbocycles. The topological polar surface area (TPSA) is 70.8 Å². The van der Waals surface area contributed by atoms with Crippen LogP contribution in [0.1, 0.15) is 15.9 Å². The van der Waals surface area contributed by atoms with E-state index in [0.29, 0.717) is 30.0 Å². The third kappa shape index (κ3) is 3.31. The van der Waals surface area contributed by atoms with Gasteiger partial charge < -0.3 is 24.4 Å². The summed E-state index contributed by atoms with van der Waals surface area (Å²) in [4.78, 5) is 18.3. The summed E-state index contributed by atoms with van der Waals surface area (Å²) < 4.78 is 11.1. The van der Waals surface area contributed by atoms with Crippen LogP contribution in [0.15, 0.2) is 65.2 Å². The Balaban J connectivity index is 1.42. The number of rotatable bonds is 6. The first-order valence-corrected chi connectivity index (χ1v) is 11.6. The first-order chi connectivity index (χ1) is 16.8. The smallest absolute Gasteiger partial charge is 0.196 e.